The first-order chi connectivity index (χ1) is 19.1. The van der Waals surface area contributed by atoms with Crippen molar-refractivity contribution in [2.24, 2.45) is 35.3 Å². The van der Waals surface area contributed by atoms with Crippen LogP contribution in [0.25, 0.3) is 0 Å². The second kappa shape index (κ2) is 19.3. The van der Waals surface area contributed by atoms with Crippen molar-refractivity contribution in [3.8, 4) is 11.5 Å². The molecule has 0 heterocycles. The van der Waals surface area contributed by atoms with Gasteiger partial charge in [0.15, 0.2) is 11.5 Å². The highest BCUT2D eigenvalue weighted by Gasteiger charge is 2.32. The van der Waals surface area contributed by atoms with E-state index in [0.717, 1.165) is 42.1 Å². The number of aromatic hydroxyl groups is 1. The van der Waals surface area contributed by atoms with Gasteiger partial charge in [-0.1, -0.05) is 71.3 Å². The summed E-state index contributed by atoms with van der Waals surface area (Å²) in [5.41, 5.74) is 7.94. The number of hydrogen-bond acceptors (Lipinski definition) is 5. The van der Waals surface area contributed by atoms with Gasteiger partial charge in [0, 0.05) is 20.0 Å². The minimum absolute atomic E-state index is 0.143. The van der Waals surface area contributed by atoms with Crippen LogP contribution in [0.15, 0.2) is 42.0 Å². The topological polar surface area (TPSA) is 122 Å². The SMILES string of the molecule is CCC(C)C(=O)O.CNC(=O)CCCCCCC1C(C)C=CC2=C[C@H](C)CCC21.COc1cc(CN)ccc1O. The van der Waals surface area contributed by atoms with Crippen LogP contribution in [0, 0.1) is 29.6 Å². The molecule has 5 atom stereocenters. The van der Waals surface area contributed by atoms with E-state index in [1.54, 1.807) is 37.7 Å². The fourth-order valence-electron chi connectivity index (χ4n) is 5.19. The Balaban J connectivity index is 0.000000368. The van der Waals surface area contributed by atoms with E-state index >= 15 is 0 Å². The minimum atomic E-state index is -0.706. The van der Waals surface area contributed by atoms with Crippen LogP contribution in [-0.4, -0.2) is 36.2 Å². The Labute approximate surface area is 242 Å². The van der Waals surface area contributed by atoms with Crippen molar-refractivity contribution in [3.05, 3.63) is 47.6 Å². The van der Waals surface area contributed by atoms with E-state index in [0.29, 0.717) is 18.7 Å². The predicted octanol–water partition coefficient (Wildman–Crippen LogP) is 6.84. The number of carbonyl (C=O) groups excluding carboxylic acids is 1. The van der Waals surface area contributed by atoms with Gasteiger partial charge in [-0.05, 0) is 79.0 Å². The Morgan fingerprint density at radius 2 is 1.85 bits per heavy atom. The average Bonchev–Trinajstić information content (AvgIpc) is 2.96. The summed E-state index contributed by atoms with van der Waals surface area (Å²) in [4.78, 5) is 21.1. The smallest absolute Gasteiger partial charge is 0.306 e. The van der Waals surface area contributed by atoms with Gasteiger partial charge in [-0.3, -0.25) is 9.59 Å². The minimum Gasteiger partial charge on any atom is -0.504 e. The number of allylic oxidation sites excluding steroid dienone is 4. The van der Waals surface area contributed by atoms with Gasteiger partial charge in [-0.2, -0.15) is 0 Å². The molecule has 1 amide bonds. The number of amides is 1. The number of unbranched alkanes of at least 4 members (excludes halogenated alkanes) is 3. The van der Waals surface area contributed by atoms with Crippen LogP contribution in [0.4, 0.5) is 0 Å². The zero-order chi connectivity index (χ0) is 30.1. The van der Waals surface area contributed by atoms with Gasteiger partial charge < -0.3 is 26.0 Å². The molecule has 0 spiro atoms. The molecule has 0 bridgehead atoms. The number of carboxylic acids is 1. The largest absolute Gasteiger partial charge is 0.504 e. The molecule has 4 unspecified atom stereocenters. The summed E-state index contributed by atoms with van der Waals surface area (Å²) >= 11 is 0. The molecule has 226 valence electrons. The van der Waals surface area contributed by atoms with Crippen LogP contribution in [0.5, 0.6) is 11.5 Å². The Morgan fingerprint density at radius 1 is 1.15 bits per heavy atom. The number of phenolic OH excluding ortho intramolecular Hbond substituents is 1. The molecule has 0 fully saturated rings. The molecular weight excluding hydrogens is 504 g/mol. The standard InChI is InChI=1S/C20H33NO.C8H11NO2.C5H10O2/c1-15-10-13-19-17(14-15)12-11-16(2)18(19)8-6-4-5-7-9-20(22)21-3;1-11-8-4-6(5-9)2-3-7(8)10;1-3-4(2)5(6)7/h11-12,14-16,18-19H,4-10,13H2,1-3H3,(H,21,22);2-4,10H,5,9H2,1H3;4H,3H2,1-2H3,(H,6,7)/t15-,16?,18?,19?;;/m1../s1. The molecule has 1 aromatic rings. The molecule has 2 aliphatic rings. The van der Waals surface area contributed by atoms with E-state index in [1.165, 1.54) is 45.6 Å². The van der Waals surface area contributed by atoms with E-state index in [-0.39, 0.29) is 17.6 Å². The zero-order valence-electron chi connectivity index (χ0n) is 25.6. The van der Waals surface area contributed by atoms with Gasteiger partial charge in [-0.15, -0.1) is 0 Å². The van der Waals surface area contributed by atoms with Gasteiger partial charge in [0.1, 0.15) is 0 Å². The van der Waals surface area contributed by atoms with E-state index in [4.69, 9.17) is 20.7 Å². The molecule has 0 saturated carbocycles. The third kappa shape index (κ3) is 12.6. The van der Waals surface area contributed by atoms with Crippen molar-refractivity contribution in [1.29, 1.82) is 0 Å². The van der Waals surface area contributed by atoms with Crippen LogP contribution in [0.2, 0.25) is 0 Å². The molecule has 7 heteroatoms. The molecule has 2 aliphatic carbocycles. The Morgan fingerprint density at radius 3 is 2.42 bits per heavy atom. The van der Waals surface area contributed by atoms with Gasteiger partial charge in [0.2, 0.25) is 5.91 Å². The highest BCUT2D eigenvalue weighted by atomic mass is 16.5. The second-order valence-corrected chi connectivity index (χ2v) is 11.2. The van der Waals surface area contributed by atoms with Gasteiger partial charge in [0.25, 0.3) is 0 Å². The number of aliphatic carboxylic acids is 1. The number of nitrogens with one attached hydrogen (secondary N) is 1. The zero-order valence-corrected chi connectivity index (χ0v) is 25.6. The number of ether oxygens (including phenoxy) is 1. The molecule has 0 radical (unpaired) electrons. The summed E-state index contributed by atoms with van der Waals surface area (Å²) in [7, 11) is 3.23. The van der Waals surface area contributed by atoms with Crippen molar-refractivity contribution in [3.63, 3.8) is 0 Å². The number of carboxylic acid groups (broad SMARTS) is 1. The molecule has 3 rings (SSSR count). The van der Waals surface area contributed by atoms with E-state index in [9.17, 15) is 9.59 Å². The van der Waals surface area contributed by atoms with Crippen molar-refractivity contribution < 1.29 is 24.5 Å². The first kappa shape index (κ1) is 35.2. The van der Waals surface area contributed by atoms with Crippen molar-refractivity contribution in [2.45, 2.75) is 92.0 Å². The summed E-state index contributed by atoms with van der Waals surface area (Å²) in [6, 6.07) is 5.05. The third-order valence-electron chi connectivity index (χ3n) is 8.11. The van der Waals surface area contributed by atoms with Crippen molar-refractivity contribution >= 4 is 11.9 Å². The lowest BCUT2D eigenvalue weighted by Gasteiger charge is -2.38. The van der Waals surface area contributed by atoms with E-state index < -0.39 is 5.97 Å². The quantitative estimate of drug-likeness (QED) is 0.221. The molecule has 0 saturated heterocycles. The fourth-order valence-corrected chi connectivity index (χ4v) is 5.19. The second-order valence-electron chi connectivity index (χ2n) is 11.2. The Bertz CT molecular complexity index is 958. The summed E-state index contributed by atoms with van der Waals surface area (Å²) in [6.07, 6.45) is 17.6. The van der Waals surface area contributed by atoms with Gasteiger partial charge >= 0.3 is 5.97 Å². The molecule has 0 aliphatic heterocycles. The summed E-state index contributed by atoms with van der Waals surface area (Å²) < 4.78 is 4.88. The third-order valence-corrected chi connectivity index (χ3v) is 8.11. The summed E-state index contributed by atoms with van der Waals surface area (Å²) in [5.74, 6) is 3.03. The van der Waals surface area contributed by atoms with Crippen molar-refractivity contribution in [2.75, 3.05) is 14.2 Å². The number of methoxy groups -OCH3 is 1. The molecule has 7 nitrogen and oxygen atoms in total. The average molecular weight is 559 g/mol. The highest BCUT2D eigenvalue weighted by molar-refractivity contribution is 5.75. The normalized spacial score (nSPS) is 21.8. The maximum absolute atomic E-state index is 11.2. The van der Waals surface area contributed by atoms with Gasteiger partial charge in [-0.25, -0.2) is 0 Å². The lowest BCUT2D eigenvalue weighted by Crippen LogP contribution is -2.28. The first-order valence-electron chi connectivity index (χ1n) is 15.0. The van der Waals surface area contributed by atoms with Crippen LogP contribution < -0.4 is 15.8 Å². The summed E-state index contributed by atoms with van der Waals surface area (Å²) in [6.45, 7) is 8.75. The Hall–Kier alpha value is -2.80. The fraction of sp³-hybridized carbons (Fsp3) is 0.636. The highest BCUT2D eigenvalue weighted by Crippen LogP contribution is 2.43. The van der Waals surface area contributed by atoms with Crippen LogP contribution in [0.1, 0.15) is 91.0 Å². The number of fused-ring (bicyclic) bond motifs is 1. The van der Waals surface area contributed by atoms with Gasteiger partial charge in [0.05, 0.1) is 13.0 Å². The predicted molar refractivity (Wildman–Crippen MR) is 163 cm³/mol. The first-order valence-corrected chi connectivity index (χ1v) is 15.0. The number of rotatable bonds is 11. The molecule has 40 heavy (non-hydrogen) atoms. The van der Waals surface area contributed by atoms with E-state index in [1.807, 2.05) is 6.92 Å². The van der Waals surface area contributed by atoms with Crippen LogP contribution in [-0.2, 0) is 16.1 Å². The number of carbonyl (C=O) groups is 2. The Kier molecular flexibility index (Phi) is 17.0. The number of benzene rings is 1. The lowest BCUT2D eigenvalue weighted by molar-refractivity contribution is -0.141. The lowest BCUT2D eigenvalue weighted by atomic mass is 9.67. The maximum Gasteiger partial charge on any atom is 0.306 e. The number of hydrogen-bond donors (Lipinski definition) is 4. The molecule has 1 aromatic carbocycles. The number of nitrogens with two attached hydrogens (primary N) is 1. The monoisotopic (exact) mass is 558 g/mol. The van der Waals surface area contributed by atoms with Crippen LogP contribution in [0.3, 0.4) is 0 Å². The van der Waals surface area contributed by atoms with Crippen LogP contribution >= 0.6 is 0 Å². The molecule has 5 N–H and O–H groups in total. The summed E-state index contributed by atoms with van der Waals surface area (Å²) in [5, 5.41) is 20.0. The molecule has 0 aromatic heterocycles. The van der Waals surface area contributed by atoms with Crippen molar-refractivity contribution in [1.82, 2.24) is 5.32 Å². The molecular formula is C33H54N2O5. The number of phenols is 1. The van der Waals surface area contributed by atoms with E-state index in [2.05, 4.69) is 37.4 Å². The maximum atomic E-state index is 11.2.